The summed E-state index contributed by atoms with van der Waals surface area (Å²) in [7, 11) is 0. The molecular formula is C13H20BrNO2S. The van der Waals surface area contributed by atoms with E-state index in [1.165, 1.54) is 17.7 Å². The second-order valence-corrected chi connectivity index (χ2v) is 6.67. The SMILES string of the molecule is OC(CNCc1cc(Br)cs1)COC1CCCC1. The van der Waals surface area contributed by atoms with Gasteiger partial charge in [0.15, 0.2) is 0 Å². The van der Waals surface area contributed by atoms with E-state index < -0.39 is 6.10 Å². The minimum atomic E-state index is -0.408. The van der Waals surface area contributed by atoms with Gasteiger partial charge in [0.05, 0.1) is 18.8 Å². The van der Waals surface area contributed by atoms with Gasteiger partial charge in [-0.1, -0.05) is 12.8 Å². The van der Waals surface area contributed by atoms with Crippen LogP contribution in [0.1, 0.15) is 30.6 Å². The van der Waals surface area contributed by atoms with Gasteiger partial charge in [-0.3, -0.25) is 0 Å². The summed E-state index contributed by atoms with van der Waals surface area (Å²) in [5.74, 6) is 0. The first-order valence-corrected chi connectivity index (χ1v) is 8.14. The highest BCUT2D eigenvalue weighted by Gasteiger charge is 2.16. The highest BCUT2D eigenvalue weighted by atomic mass is 79.9. The summed E-state index contributed by atoms with van der Waals surface area (Å²) >= 11 is 5.14. The van der Waals surface area contributed by atoms with Crippen LogP contribution in [0.2, 0.25) is 0 Å². The fourth-order valence-electron chi connectivity index (χ4n) is 2.17. The molecule has 0 amide bonds. The molecule has 1 saturated carbocycles. The number of thiophene rings is 1. The minimum absolute atomic E-state index is 0.382. The van der Waals surface area contributed by atoms with Gasteiger partial charge in [0.25, 0.3) is 0 Å². The highest BCUT2D eigenvalue weighted by molar-refractivity contribution is 9.10. The molecule has 1 atom stereocenters. The average molecular weight is 334 g/mol. The number of hydrogen-bond donors (Lipinski definition) is 2. The molecule has 1 aromatic rings. The van der Waals surface area contributed by atoms with Crippen LogP contribution in [0, 0.1) is 0 Å². The lowest BCUT2D eigenvalue weighted by Crippen LogP contribution is -2.31. The van der Waals surface area contributed by atoms with Crippen LogP contribution in [0.25, 0.3) is 0 Å². The van der Waals surface area contributed by atoms with E-state index in [9.17, 15) is 5.11 Å². The van der Waals surface area contributed by atoms with Crippen LogP contribution in [0.3, 0.4) is 0 Å². The van der Waals surface area contributed by atoms with Crippen molar-refractivity contribution in [3.05, 3.63) is 20.8 Å². The van der Waals surface area contributed by atoms with Gasteiger partial charge in [-0.25, -0.2) is 0 Å². The van der Waals surface area contributed by atoms with E-state index in [4.69, 9.17) is 4.74 Å². The Hall–Kier alpha value is 0.0600. The Morgan fingerprint density at radius 2 is 2.28 bits per heavy atom. The minimum Gasteiger partial charge on any atom is -0.389 e. The van der Waals surface area contributed by atoms with Gasteiger partial charge in [0.2, 0.25) is 0 Å². The van der Waals surface area contributed by atoms with Crippen molar-refractivity contribution < 1.29 is 9.84 Å². The molecule has 1 aliphatic rings. The summed E-state index contributed by atoms with van der Waals surface area (Å²) in [6.07, 6.45) is 4.83. The molecule has 0 bridgehead atoms. The summed E-state index contributed by atoms with van der Waals surface area (Å²) in [5, 5.41) is 15.1. The summed E-state index contributed by atoms with van der Waals surface area (Å²) in [5.41, 5.74) is 0. The Morgan fingerprint density at radius 1 is 1.50 bits per heavy atom. The largest absolute Gasteiger partial charge is 0.389 e. The molecule has 1 fully saturated rings. The summed E-state index contributed by atoms with van der Waals surface area (Å²) in [6, 6.07) is 2.10. The molecule has 0 aromatic carbocycles. The summed E-state index contributed by atoms with van der Waals surface area (Å²) in [4.78, 5) is 1.27. The van der Waals surface area contributed by atoms with Crippen molar-refractivity contribution in [1.82, 2.24) is 5.32 Å². The van der Waals surface area contributed by atoms with Crippen LogP contribution in [-0.4, -0.2) is 30.5 Å². The van der Waals surface area contributed by atoms with E-state index in [2.05, 4.69) is 32.7 Å². The lowest BCUT2D eigenvalue weighted by molar-refractivity contribution is -0.00548. The average Bonchev–Trinajstić information content (AvgIpc) is 2.98. The van der Waals surface area contributed by atoms with E-state index in [1.54, 1.807) is 11.3 Å². The molecule has 3 nitrogen and oxygen atoms in total. The summed E-state index contributed by atoms with van der Waals surface area (Å²) < 4.78 is 6.80. The Balaban J connectivity index is 1.55. The molecule has 2 N–H and O–H groups in total. The molecule has 2 rings (SSSR count). The first kappa shape index (κ1) is 14.5. The van der Waals surface area contributed by atoms with E-state index in [0.29, 0.717) is 19.3 Å². The molecular weight excluding hydrogens is 314 g/mol. The molecule has 1 unspecified atom stereocenters. The zero-order valence-corrected chi connectivity index (χ0v) is 12.8. The van der Waals surface area contributed by atoms with Crippen LogP contribution < -0.4 is 5.32 Å². The predicted molar refractivity (Wildman–Crippen MR) is 77.9 cm³/mol. The van der Waals surface area contributed by atoms with Gasteiger partial charge in [0, 0.05) is 27.8 Å². The molecule has 5 heteroatoms. The quantitative estimate of drug-likeness (QED) is 0.806. The van der Waals surface area contributed by atoms with E-state index in [-0.39, 0.29) is 0 Å². The monoisotopic (exact) mass is 333 g/mol. The molecule has 0 radical (unpaired) electrons. The van der Waals surface area contributed by atoms with Gasteiger partial charge < -0.3 is 15.2 Å². The predicted octanol–water partition coefficient (Wildman–Crippen LogP) is 2.92. The Kier molecular flexibility index (Phi) is 6.11. The molecule has 1 aromatic heterocycles. The van der Waals surface area contributed by atoms with Gasteiger partial charge in [-0.2, -0.15) is 0 Å². The standard InChI is InChI=1S/C13H20BrNO2S/c14-10-5-13(18-9-10)7-15-6-11(16)8-17-12-3-1-2-4-12/h5,9,11-12,15-16H,1-4,6-8H2. The third-order valence-electron chi connectivity index (χ3n) is 3.13. The second kappa shape index (κ2) is 7.60. The van der Waals surface area contributed by atoms with Crippen molar-refractivity contribution in [2.45, 2.75) is 44.4 Å². The lowest BCUT2D eigenvalue weighted by Gasteiger charge is -2.15. The number of hydrogen-bond acceptors (Lipinski definition) is 4. The second-order valence-electron chi connectivity index (χ2n) is 4.76. The third kappa shape index (κ3) is 4.97. The van der Waals surface area contributed by atoms with Gasteiger partial charge in [-0.15, -0.1) is 11.3 Å². The van der Waals surface area contributed by atoms with Crippen LogP contribution in [0.5, 0.6) is 0 Å². The van der Waals surface area contributed by atoms with Crippen LogP contribution in [0.15, 0.2) is 15.9 Å². The first-order chi connectivity index (χ1) is 8.74. The Morgan fingerprint density at radius 3 is 2.94 bits per heavy atom. The maximum Gasteiger partial charge on any atom is 0.0897 e. The van der Waals surface area contributed by atoms with Crippen molar-refractivity contribution in [3.63, 3.8) is 0 Å². The maximum atomic E-state index is 9.80. The third-order valence-corrected chi connectivity index (χ3v) is 4.83. The number of ether oxygens (including phenoxy) is 1. The number of rotatable bonds is 7. The van der Waals surface area contributed by atoms with Crippen molar-refractivity contribution in [3.8, 4) is 0 Å². The fourth-order valence-corrected chi connectivity index (χ4v) is 3.59. The van der Waals surface area contributed by atoms with E-state index in [0.717, 1.165) is 23.9 Å². The first-order valence-electron chi connectivity index (χ1n) is 6.47. The van der Waals surface area contributed by atoms with E-state index >= 15 is 0 Å². The summed E-state index contributed by atoms with van der Waals surface area (Å²) in [6.45, 7) is 1.84. The molecule has 102 valence electrons. The van der Waals surface area contributed by atoms with Crippen molar-refractivity contribution in [1.29, 1.82) is 0 Å². The molecule has 0 saturated heterocycles. The molecule has 0 aliphatic heterocycles. The van der Waals surface area contributed by atoms with Crippen LogP contribution >= 0.6 is 27.3 Å². The Labute approximate surface area is 121 Å². The molecule has 0 spiro atoms. The van der Waals surface area contributed by atoms with Crippen LogP contribution in [-0.2, 0) is 11.3 Å². The highest BCUT2D eigenvalue weighted by Crippen LogP contribution is 2.21. The number of aliphatic hydroxyl groups is 1. The molecule has 1 heterocycles. The van der Waals surface area contributed by atoms with Crippen molar-refractivity contribution in [2.24, 2.45) is 0 Å². The Bertz CT molecular complexity index is 353. The smallest absolute Gasteiger partial charge is 0.0897 e. The topological polar surface area (TPSA) is 41.5 Å². The maximum absolute atomic E-state index is 9.80. The molecule has 1 aliphatic carbocycles. The van der Waals surface area contributed by atoms with Crippen molar-refractivity contribution in [2.75, 3.05) is 13.2 Å². The number of halogens is 1. The van der Waals surface area contributed by atoms with Crippen LogP contribution in [0.4, 0.5) is 0 Å². The fraction of sp³-hybridized carbons (Fsp3) is 0.692. The number of nitrogens with one attached hydrogen (secondary N) is 1. The van der Waals surface area contributed by atoms with Gasteiger partial charge in [0.1, 0.15) is 0 Å². The lowest BCUT2D eigenvalue weighted by atomic mass is 10.3. The number of aliphatic hydroxyl groups excluding tert-OH is 1. The van der Waals surface area contributed by atoms with Crippen molar-refractivity contribution >= 4 is 27.3 Å². The van der Waals surface area contributed by atoms with Gasteiger partial charge in [-0.05, 0) is 34.8 Å². The zero-order valence-electron chi connectivity index (χ0n) is 10.4. The zero-order chi connectivity index (χ0) is 12.8. The van der Waals surface area contributed by atoms with Gasteiger partial charge >= 0.3 is 0 Å². The molecule has 18 heavy (non-hydrogen) atoms. The normalized spacial score (nSPS) is 18.3. The van der Waals surface area contributed by atoms with E-state index in [1.807, 2.05) is 0 Å².